The predicted molar refractivity (Wildman–Crippen MR) is 110 cm³/mol. The molecule has 1 heterocycles. The summed E-state index contributed by atoms with van der Waals surface area (Å²) in [6.07, 6.45) is 0.875. The molecular formula is C20H30N4OS. The van der Waals surface area contributed by atoms with Gasteiger partial charge in [0.25, 0.3) is 0 Å². The van der Waals surface area contributed by atoms with Gasteiger partial charge in [0.1, 0.15) is 10.8 Å². The van der Waals surface area contributed by atoms with Gasteiger partial charge in [-0.05, 0) is 25.0 Å². The second-order valence-electron chi connectivity index (χ2n) is 7.06. The highest BCUT2D eigenvalue weighted by Gasteiger charge is 2.17. The van der Waals surface area contributed by atoms with Crippen molar-refractivity contribution in [2.75, 3.05) is 20.2 Å². The van der Waals surface area contributed by atoms with Gasteiger partial charge in [-0.3, -0.25) is 0 Å². The minimum atomic E-state index is 0.0793. The Morgan fingerprint density at radius 1 is 1.23 bits per heavy atom. The number of methoxy groups -OCH3 is 1. The minimum absolute atomic E-state index is 0.0793. The molecular weight excluding hydrogens is 344 g/mol. The summed E-state index contributed by atoms with van der Waals surface area (Å²) in [7, 11) is 1.71. The maximum Gasteiger partial charge on any atom is 0.191 e. The van der Waals surface area contributed by atoms with Crippen molar-refractivity contribution < 1.29 is 4.74 Å². The molecule has 0 radical (unpaired) electrons. The van der Waals surface area contributed by atoms with E-state index in [1.807, 2.05) is 18.2 Å². The summed E-state index contributed by atoms with van der Waals surface area (Å²) in [6.45, 7) is 10.8. The molecule has 6 heteroatoms. The Labute approximate surface area is 160 Å². The molecule has 2 N–H and O–H groups in total. The van der Waals surface area contributed by atoms with Crippen LogP contribution in [0.2, 0.25) is 0 Å². The summed E-state index contributed by atoms with van der Waals surface area (Å²) in [4.78, 5) is 9.37. The summed E-state index contributed by atoms with van der Waals surface area (Å²) in [5.74, 6) is 1.74. The summed E-state index contributed by atoms with van der Waals surface area (Å²) in [5.41, 5.74) is 2.39. The van der Waals surface area contributed by atoms with Crippen LogP contribution >= 0.6 is 11.3 Å². The molecule has 0 saturated heterocycles. The molecule has 0 fully saturated rings. The maximum absolute atomic E-state index is 5.40. The third-order valence-electron chi connectivity index (χ3n) is 3.92. The Hall–Kier alpha value is -2.08. The molecule has 1 aromatic carbocycles. The molecule has 1 aromatic heterocycles. The van der Waals surface area contributed by atoms with Gasteiger partial charge in [-0.2, -0.15) is 0 Å². The quantitative estimate of drug-likeness (QED) is 0.572. The first-order valence-electron chi connectivity index (χ1n) is 9.03. The van der Waals surface area contributed by atoms with Crippen LogP contribution in [0.4, 0.5) is 0 Å². The smallest absolute Gasteiger partial charge is 0.191 e. The van der Waals surface area contributed by atoms with Gasteiger partial charge < -0.3 is 15.4 Å². The number of ether oxygens (including phenoxy) is 1. The highest BCUT2D eigenvalue weighted by atomic mass is 32.1. The number of rotatable bonds is 7. The van der Waals surface area contributed by atoms with Crippen LogP contribution in [0.15, 0.2) is 34.6 Å². The fourth-order valence-corrected chi connectivity index (χ4v) is 3.39. The van der Waals surface area contributed by atoms with Crippen LogP contribution < -0.4 is 15.4 Å². The molecule has 5 nitrogen and oxygen atoms in total. The second-order valence-corrected chi connectivity index (χ2v) is 8.00. The zero-order valence-corrected chi connectivity index (χ0v) is 17.2. The van der Waals surface area contributed by atoms with E-state index in [1.165, 1.54) is 5.56 Å². The van der Waals surface area contributed by atoms with E-state index in [0.717, 1.165) is 41.9 Å². The van der Waals surface area contributed by atoms with Crippen LogP contribution in [0.25, 0.3) is 0 Å². The van der Waals surface area contributed by atoms with Crippen molar-refractivity contribution in [3.8, 4) is 5.75 Å². The van der Waals surface area contributed by atoms with Crippen molar-refractivity contribution in [2.24, 2.45) is 4.99 Å². The lowest BCUT2D eigenvalue weighted by atomic mass is 9.93. The fraction of sp³-hybridized carbons (Fsp3) is 0.500. The molecule has 0 aliphatic rings. The standard InChI is InChI=1S/C20H30N4OS/c1-6-21-19(22-12-11-15-9-7-8-10-16(15)25-5)23-13-18-24-17(14-26-18)20(2,3)4/h7-10,14H,6,11-13H2,1-5H3,(H2,21,22,23). The number of thiazole rings is 1. The van der Waals surface area contributed by atoms with Crippen molar-refractivity contribution >= 4 is 17.3 Å². The molecule has 0 aliphatic heterocycles. The number of aromatic nitrogens is 1. The normalized spacial score (nSPS) is 12.1. The summed E-state index contributed by atoms with van der Waals surface area (Å²) in [6, 6.07) is 8.10. The van der Waals surface area contributed by atoms with Crippen LogP contribution in [-0.2, 0) is 18.4 Å². The lowest BCUT2D eigenvalue weighted by Crippen LogP contribution is -2.38. The van der Waals surface area contributed by atoms with Crippen molar-refractivity contribution in [2.45, 2.75) is 46.1 Å². The molecule has 0 aliphatic carbocycles. The van der Waals surface area contributed by atoms with E-state index in [2.05, 4.69) is 54.8 Å². The third-order valence-corrected chi connectivity index (χ3v) is 4.75. The van der Waals surface area contributed by atoms with Gasteiger partial charge in [-0.1, -0.05) is 39.0 Å². The minimum Gasteiger partial charge on any atom is -0.496 e. The maximum atomic E-state index is 5.40. The number of hydrogen-bond acceptors (Lipinski definition) is 4. The molecule has 0 unspecified atom stereocenters. The van der Waals surface area contributed by atoms with E-state index in [9.17, 15) is 0 Å². The van der Waals surface area contributed by atoms with E-state index in [4.69, 9.17) is 9.72 Å². The molecule has 0 spiro atoms. The molecule has 0 saturated carbocycles. The van der Waals surface area contributed by atoms with Crippen LogP contribution in [0.3, 0.4) is 0 Å². The van der Waals surface area contributed by atoms with E-state index in [1.54, 1.807) is 18.4 Å². The Morgan fingerprint density at radius 3 is 2.65 bits per heavy atom. The number of para-hydroxylation sites is 1. The summed E-state index contributed by atoms with van der Waals surface area (Å²) in [5, 5.41) is 9.85. The van der Waals surface area contributed by atoms with Gasteiger partial charge in [0.2, 0.25) is 0 Å². The number of benzene rings is 1. The van der Waals surface area contributed by atoms with E-state index in [0.29, 0.717) is 6.54 Å². The molecule has 26 heavy (non-hydrogen) atoms. The first kappa shape index (κ1) is 20.2. The van der Waals surface area contributed by atoms with E-state index in [-0.39, 0.29) is 5.41 Å². The molecule has 142 valence electrons. The first-order chi connectivity index (χ1) is 12.4. The highest BCUT2D eigenvalue weighted by molar-refractivity contribution is 7.09. The number of aliphatic imine (C=N–C) groups is 1. The second kappa shape index (κ2) is 9.57. The predicted octanol–water partition coefficient (Wildman–Crippen LogP) is 3.75. The monoisotopic (exact) mass is 374 g/mol. The van der Waals surface area contributed by atoms with Gasteiger partial charge in [-0.15, -0.1) is 11.3 Å². The van der Waals surface area contributed by atoms with E-state index >= 15 is 0 Å². The summed E-state index contributed by atoms with van der Waals surface area (Å²) < 4.78 is 5.40. The average Bonchev–Trinajstić information content (AvgIpc) is 3.09. The van der Waals surface area contributed by atoms with Crippen LogP contribution in [0.1, 0.15) is 44.0 Å². The zero-order valence-electron chi connectivity index (χ0n) is 16.4. The number of nitrogens with zero attached hydrogens (tertiary/aromatic N) is 2. The molecule has 2 rings (SSSR count). The first-order valence-corrected chi connectivity index (χ1v) is 9.91. The van der Waals surface area contributed by atoms with Crippen LogP contribution in [-0.4, -0.2) is 31.1 Å². The van der Waals surface area contributed by atoms with Crippen LogP contribution in [0, 0.1) is 0 Å². The summed E-state index contributed by atoms with van der Waals surface area (Å²) >= 11 is 1.67. The zero-order chi connectivity index (χ0) is 19.0. The molecule has 0 atom stereocenters. The Morgan fingerprint density at radius 2 is 2.00 bits per heavy atom. The van der Waals surface area contributed by atoms with E-state index < -0.39 is 0 Å². The average molecular weight is 375 g/mol. The lowest BCUT2D eigenvalue weighted by Gasteiger charge is -2.14. The van der Waals surface area contributed by atoms with Gasteiger partial charge in [-0.25, -0.2) is 9.98 Å². The molecule has 0 amide bonds. The molecule has 0 bridgehead atoms. The largest absolute Gasteiger partial charge is 0.496 e. The number of hydrogen-bond donors (Lipinski definition) is 2. The van der Waals surface area contributed by atoms with Gasteiger partial charge in [0.15, 0.2) is 5.96 Å². The van der Waals surface area contributed by atoms with Crippen molar-refractivity contribution in [1.82, 2.24) is 15.6 Å². The highest BCUT2D eigenvalue weighted by Crippen LogP contribution is 2.24. The van der Waals surface area contributed by atoms with Gasteiger partial charge in [0, 0.05) is 23.9 Å². The third kappa shape index (κ3) is 6.02. The number of nitrogens with one attached hydrogen (secondary N) is 2. The SMILES string of the molecule is CCNC(=NCc1nc(C(C)(C)C)cs1)NCCc1ccccc1OC. The Balaban J connectivity index is 1.93. The Bertz CT molecular complexity index is 719. The Kier molecular flexibility index (Phi) is 7.45. The topological polar surface area (TPSA) is 58.5 Å². The van der Waals surface area contributed by atoms with Crippen molar-refractivity contribution in [3.63, 3.8) is 0 Å². The van der Waals surface area contributed by atoms with Crippen molar-refractivity contribution in [3.05, 3.63) is 45.9 Å². The van der Waals surface area contributed by atoms with Crippen LogP contribution in [0.5, 0.6) is 5.75 Å². The van der Waals surface area contributed by atoms with Gasteiger partial charge in [0.05, 0.1) is 19.3 Å². The van der Waals surface area contributed by atoms with Crippen molar-refractivity contribution in [1.29, 1.82) is 0 Å². The molecule has 2 aromatic rings. The fourth-order valence-electron chi connectivity index (χ4n) is 2.44. The lowest BCUT2D eigenvalue weighted by molar-refractivity contribution is 0.409. The van der Waals surface area contributed by atoms with Gasteiger partial charge >= 0.3 is 0 Å². The number of guanidine groups is 1.